The van der Waals surface area contributed by atoms with Gasteiger partial charge >= 0.3 is 0 Å². The largest absolute Gasteiger partial charge is 0.486 e. The summed E-state index contributed by atoms with van der Waals surface area (Å²) < 4.78 is 11.6. The van der Waals surface area contributed by atoms with E-state index >= 15 is 0 Å². The molecule has 2 aromatic carbocycles. The Hall–Kier alpha value is -2.86. The number of carbonyl (C=O) groups is 1. The van der Waals surface area contributed by atoms with Crippen molar-refractivity contribution in [3.8, 4) is 22.1 Å². The molecule has 2 heterocycles. The molecule has 3 aromatic rings. The molecule has 138 valence electrons. The van der Waals surface area contributed by atoms with E-state index in [0.717, 1.165) is 27.8 Å². The fraction of sp³-hybridized carbons (Fsp3) is 0.238. The number of ether oxygens (including phenoxy) is 2. The average molecular weight is 380 g/mol. The Kier molecular flexibility index (Phi) is 5.07. The minimum atomic E-state index is -0.177. The van der Waals surface area contributed by atoms with Crippen molar-refractivity contribution in [1.82, 2.24) is 9.88 Å². The molecule has 1 unspecified atom stereocenters. The van der Waals surface area contributed by atoms with Gasteiger partial charge in [0.25, 0.3) is 0 Å². The number of benzene rings is 2. The van der Waals surface area contributed by atoms with Gasteiger partial charge in [0.2, 0.25) is 5.91 Å². The summed E-state index contributed by atoms with van der Waals surface area (Å²) in [4.78, 5) is 18.9. The predicted molar refractivity (Wildman–Crippen MR) is 105 cm³/mol. The molecule has 6 heteroatoms. The van der Waals surface area contributed by atoms with E-state index in [1.165, 1.54) is 0 Å². The van der Waals surface area contributed by atoms with Crippen LogP contribution >= 0.6 is 11.3 Å². The number of hydrogen-bond acceptors (Lipinski definition) is 5. The second-order valence-corrected chi connectivity index (χ2v) is 7.32. The molecule has 1 aromatic heterocycles. The molecule has 0 spiro atoms. The van der Waals surface area contributed by atoms with E-state index in [-0.39, 0.29) is 18.4 Å². The molecule has 1 aliphatic heterocycles. The number of amides is 1. The summed E-state index contributed by atoms with van der Waals surface area (Å²) in [5.74, 6) is 1.49. The SMILES string of the molecule is CN(CC1COc2ccccc2O1)C(=O)Cc1csc(-c2ccccc2)n1. The van der Waals surface area contributed by atoms with Crippen LogP contribution in [-0.4, -0.2) is 42.1 Å². The summed E-state index contributed by atoms with van der Waals surface area (Å²) in [6, 6.07) is 17.6. The van der Waals surface area contributed by atoms with Gasteiger partial charge in [0, 0.05) is 18.0 Å². The van der Waals surface area contributed by atoms with Crippen LogP contribution in [0, 0.1) is 0 Å². The normalized spacial score (nSPS) is 15.4. The molecule has 1 aliphatic rings. The molecule has 27 heavy (non-hydrogen) atoms. The lowest BCUT2D eigenvalue weighted by atomic mass is 10.2. The second kappa shape index (κ2) is 7.80. The molecular weight excluding hydrogens is 360 g/mol. The van der Waals surface area contributed by atoms with Gasteiger partial charge in [0.15, 0.2) is 17.6 Å². The Morgan fingerprint density at radius 2 is 1.89 bits per heavy atom. The first-order valence-corrected chi connectivity index (χ1v) is 9.69. The second-order valence-electron chi connectivity index (χ2n) is 6.46. The van der Waals surface area contributed by atoms with E-state index < -0.39 is 0 Å². The summed E-state index contributed by atoms with van der Waals surface area (Å²) in [6.07, 6.45) is 0.105. The number of likely N-dealkylation sites (N-methyl/N-ethyl adjacent to an activating group) is 1. The molecule has 0 saturated heterocycles. The quantitative estimate of drug-likeness (QED) is 0.678. The first-order valence-electron chi connectivity index (χ1n) is 8.81. The highest BCUT2D eigenvalue weighted by molar-refractivity contribution is 7.13. The molecule has 0 aliphatic carbocycles. The van der Waals surface area contributed by atoms with Crippen LogP contribution < -0.4 is 9.47 Å². The van der Waals surface area contributed by atoms with Crippen molar-refractivity contribution in [1.29, 1.82) is 0 Å². The van der Waals surface area contributed by atoms with Gasteiger partial charge in [-0.05, 0) is 12.1 Å². The number of carbonyl (C=O) groups excluding carboxylic acids is 1. The topological polar surface area (TPSA) is 51.7 Å². The van der Waals surface area contributed by atoms with Gasteiger partial charge in [0.05, 0.1) is 18.7 Å². The summed E-state index contributed by atoms with van der Waals surface area (Å²) in [5.41, 5.74) is 1.86. The highest BCUT2D eigenvalue weighted by Crippen LogP contribution is 2.31. The third-order valence-corrected chi connectivity index (χ3v) is 5.32. The number of nitrogens with zero attached hydrogens (tertiary/aromatic N) is 2. The number of para-hydroxylation sites is 2. The summed E-state index contributed by atoms with van der Waals surface area (Å²) in [6.45, 7) is 0.909. The number of fused-ring (bicyclic) bond motifs is 1. The maximum Gasteiger partial charge on any atom is 0.228 e. The van der Waals surface area contributed by atoms with Crippen LogP contribution in [0.4, 0.5) is 0 Å². The zero-order valence-corrected chi connectivity index (χ0v) is 15.8. The van der Waals surface area contributed by atoms with Gasteiger partial charge in [0.1, 0.15) is 11.6 Å². The molecule has 1 amide bonds. The minimum Gasteiger partial charge on any atom is -0.486 e. The van der Waals surface area contributed by atoms with Crippen molar-refractivity contribution in [2.45, 2.75) is 12.5 Å². The van der Waals surface area contributed by atoms with Crippen molar-refractivity contribution in [2.75, 3.05) is 20.2 Å². The zero-order chi connectivity index (χ0) is 18.6. The summed E-state index contributed by atoms with van der Waals surface area (Å²) >= 11 is 1.56. The van der Waals surface area contributed by atoms with Crippen LogP contribution in [0.25, 0.3) is 10.6 Å². The summed E-state index contributed by atoms with van der Waals surface area (Å²) in [7, 11) is 1.79. The molecule has 0 radical (unpaired) electrons. The maximum absolute atomic E-state index is 12.6. The van der Waals surface area contributed by atoms with Gasteiger partial charge < -0.3 is 14.4 Å². The third-order valence-electron chi connectivity index (χ3n) is 4.38. The minimum absolute atomic E-state index is 0.0161. The lowest BCUT2D eigenvalue weighted by molar-refractivity contribution is -0.130. The average Bonchev–Trinajstić information content (AvgIpc) is 3.17. The predicted octanol–water partition coefficient (Wildman–Crippen LogP) is 3.65. The van der Waals surface area contributed by atoms with E-state index in [1.54, 1.807) is 23.3 Å². The lowest BCUT2D eigenvalue weighted by Crippen LogP contribution is -2.42. The Labute approximate surface area is 162 Å². The molecular formula is C21H20N2O3S. The Morgan fingerprint density at radius 3 is 2.70 bits per heavy atom. The Balaban J connectivity index is 1.34. The molecule has 4 rings (SSSR count). The van der Waals surface area contributed by atoms with E-state index in [1.807, 2.05) is 60.0 Å². The standard InChI is InChI=1S/C21H20N2O3S/c1-23(12-17-13-25-18-9-5-6-10-19(18)26-17)20(24)11-16-14-27-21(22-16)15-7-3-2-4-8-15/h2-10,14,17H,11-13H2,1H3. The molecule has 0 N–H and O–H groups in total. The first kappa shape index (κ1) is 17.5. The van der Waals surface area contributed by atoms with E-state index in [0.29, 0.717) is 13.2 Å². The fourth-order valence-electron chi connectivity index (χ4n) is 2.95. The van der Waals surface area contributed by atoms with Crippen LogP contribution in [0.3, 0.4) is 0 Å². The molecule has 0 saturated carbocycles. The van der Waals surface area contributed by atoms with Crippen LogP contribution in [0.5, 0.6) is 11.5 Å². The van der Waals surface area contributed by atoms with Gasteiger partial charge in [-0.2, -0.15) is 0 Å². The highest BCUT2D eigenvalue weighted by atomic mass is 32.1. The molecule has 0 bridgehead atoms. The number of hydrogen-bond donors (Lipinski definition) is 0. The number of thiazole rings is 1. The third kappa shape index (κ3) is 4.11. The maximum atomic E-state index is 12.6. The van der Waals surface area contributed by atoms with Crippen molar-refractivity contribution in [3.05, 3.63) is 65.7 Å². The Bertz CT molecular complexity index is 926. The first-order chi connectivity index (χ1) is 13.2. The smallest absolute Gasteiger partial charge is 0.228 e. The molecule has 1 atom stereocenters. The van der Waals surface area contributed by atoms with Gasteiger partial charge in [-0.3, -0.25) is 4.79 Å². The lowest BCUT2D eigenvalue weighted by Gasteiger charge is -2.29. The van der Waals surface area contributed by atoms with E-state index in [4.69, 9.17) is 9.47 Å². The van der Waals surface area contributed by atoms with Crippen LogP contribution in [0.1, 0.15) is 5.69 Å². The van der Waals surface area contributed by atoms with Gasteiger partial charge in [-0.1, -0.05) is 42.5 Å². The number of rotatable bonds is 5. The van der Waals surface area contributed by atoms with Crippen LogP contribution in [0.2, 0.25) is 0 Å². The van der Waals surface area contributed by atoms with E-state index in [2.05, 4.69) is 4.98 Å². The Morgan fingerprint density at radius 1 is 1.15 bits per heavy atom. The van der Waals surface area contributed by atoms with E-state index in [9.17, 15) is 4.79 Å². The zero-order valence-electron chi connectivity index (χ0n) is 15.0. The van der Waals surface area contributed by atoms with Crippen molar-refractivity contribution in [2.24, 2.45) is 0 Å². The molecule has 0 fully saturated rings. The highest BCUT2D eigenvalue weighted by Gasteiger charge is 2.24. The van der Waals surface area contributed by atoms with Crippen molar-refractivity contribution < 1.29 is 14.3 Å². The van der Waals surface area contributed by atoms with Crippen LogP contribution in [0.15, 0.2) is 60.0 Å². The summed E-state index contributed by atoms with van der Waals surface area (Å²) in [5, 5.41) is 2.88. The van der Waals surface area contributed by atoms with Gasteiger partial charge in [-0.15, -0.1) is 11.3 Å². The van der Waals surface area contributed by atoms with Gasteiger partial charge in [-0.25, -0.2) is 4.98 Å². The monoisotopic (exact) mass is 380 g/mol. The molecule has 5 nitrogen and oxygen atoms in total. The number of aromatic nitrogens is 1. The van der Waals surface area contributed by atoms with Crippen molar-refractivity contribution >= 4 is 17.2 Å². The van der Waals surface area contributed by atoms with Crippen LogP contribution in [-0.2, 0) is 11.2 Å². The van der Waals surface area contributed by atoms with Crippen molar-refractivity contribution in [3.63, 3.8) is 0 Å². The fourth-order valence-corrected chi connectivity index (χ4v) is 3.78.